The van der Waals surface area contributed by atoms with Gasteiger partial charge in [0.2, 0.25) is 11.8 Å². The van der Waals surface area contributed by atoms with Crippen LogP contribution in [0.4, 0.5) is 0 Å². The van der Waals surface area contributed by atoms with Crippen LogP contribution in [0.3, 0.4) is 0 Å². The van der Waals surface area contributed by atoms with Crippen LogP contribution in [0, 0.1) is 13.8 Å². The van der Waals surface area contributed by atoms with E-state index in [0.29, 0.717) is 35.4 Å². The van der Waals surface area contributed by atoms with Crippen molar-refractivity contribution in [3.8, 4) is 5.75 Å². The Kier molecular flexibility index (Phi) is 7.94. The molecule has 2 aromatic rings. The molecule has 0 saturated heterocycles. The molecule has 2 rings (SSSR count). The molecular weight excluding hydrogens is 391 g/mol. The zero-order valence-corrected chi connectivity index (χ0v) is 16.7. The number of amides is 2. The lowest BCUT2D eigenvalue weighted by atomic mass is 10.3. The molecule has 0 unspecified atom stereocenters. The van der Waals surface area contributed by atoms with Crippen molar-refractivity contribution in [3.63, 3.8) is 0 Å². The predicted molar refractivity (Wildman–Crippen MR) is 104 cm³/mol. The van der Waals surface area contributed by atoms with Gasteiger partial charge in [0.1, 0.15) is 5.75 Å². The molecule has 0 bridgehead atoms. The van der Waals surface area contributed by atoms with Gasteiger partial charge in [-0.25, -0.2) is 0 Å². The summed E-state index contributed by atoms with van der Waals surface area (Å²) in [6.45, 7) is 4.60. The first kappa shape index (κ1) is 21.1. The number of nitrogens with zero attached hydrogens (tertiary/aromatic N) is 2. The summed E-state index contributed by atoms with van der Waals surface area (Å²) in [5, 5.41) is 5.23. The zero-order chi connectivity index (χ0) is 19.8. The number of ether oxygens (including phenoxy) is 1. The van der Waals surface area contributed by atoms with Crippen LogP contribution in [0.1, 0.15) is 30.7 Å². The van der Waals surface area contributed by atoms with Crippen molar-refractivity contribution < 1.29 is 14.3 Å². The second kappa shape index (κ2) is 10.2. The third-order valence-electron chi connectivity index (χ3n) is 3.70. The first-order valence-corrected chi connectivity index (χ1v) is 9.27. The Morgan fingerprint density at radius 2 is 1.81 bits per heavy atom. The lowest BCUT2D eigenvalue weighted by molar-refractivity contribution is -0.129. The molecule has 0 atom stereocenters. The molecule has 9 heteroatoms. The minimum Gasteiger partial charge on any atom is -0.492 e. The van der Waals surface area contributed by atoms with Gasteiger partial charge < -0.3 is 4.74 Å². The summed E-state index contributed by atoms with van der Waals surface area (Å²) >= 11 is 11.8. The Morgan fingerprint density at radius 1 is 1.11 bits per heavy atom. The number of carbonyl (C=O) groups excluding carboxylic acids is 2. The Bertz CT molecular complexity index is 808. The Morgan fingerprint density at radius 3 is 2.44 bits per heavy atom. The van der Waals surface area contributed by atoms with Crippen LogP contribution in [0.15, 0.2) is 24.3 Å². The van der Waals surface area contributed by atoms with Crippen LogP contribution in [-0.4, -0.2) is 28.2 Å². The normalized spacial score (nSPS) is 10.5. The molecule has 1 aromatic heterocycles. The van der Waals surface area contributed by atoms with Crippen molar-refractivity contribution in [2.24, 2.45) is 0 Å². The number of aromatic nitrogens is 2. The molecule has 0 aliphatic rings. The van der Waals surface area contributed by atoms with Crippen molar-refractivity contribution in [1.29, 1.82) is 0 Å². The highest BCUT2D eigenvalue weighted by Crippen LogP contribution is 2.27. The van der Waals surface area contributed by atoms with Crippen LogP contribution in [0.2, 0.25) is 10.0 Å². The van der Waals surface area contributed by atoms with Gasteiger partial charge in [-0.15, -0.1) is 0 Å². The fourth-order valence-electron chi connectivity index (χ4n) is 2.38. The lowest BCUT2D eigenvalue weighted by Crippen LogP contribution is -2.42. The van der Waals surface area contributed by atoms with Crippen LogP contribution < -0.4 is 15.6 Å². The maximum absolute atomic E-state index is 11.8. The topological polar surface area (TPSA) is 85.2 Å². The number of halogens is 2. The highest BCUT2D eigenvalue weighted by molar-refractivity contribution is 6.35. The number of benzene rings is 1. The minimum atomic E-state index is -0.291. The Hall–Kier alpha value is -2.25. The van der Waals surface area contributed by atoms with Crippen LogP contribution in [-0.2, 0) is 16.1 Å². The summed E-state index contributed by atoms with van der Waals surface area (Å²) in [6, 6.07) is 6.89. The average Bonchev–Trinajstić information content (AvgIpc) is 2.94. The molecule has 0 radical (unpaired) electrons. The van der Waals surface area contributed by atoms with Gasteiger partial charge >= 0.3 is 0 Å². The number of hydrogen-bond acceptors (Lipinski definition) is 4. The van der Waals surface area contributed by atoms with Gasteiger partial charge in [-0.3, -0.25) is 25.1 Å². The SMILES string of the molecule is Cc1cc(C)n(CCC(=O)NNC(=O)CCCOc2ccc(Cl)cc2Cl)n1. The number of hydrogen-bond donors (Lipinski definition) is 2. The molecule has 0 saturated carbocycles. The standard InChI is InChI=1S/C18H22Cl2N4O3/c1-12-10-13(2)24(23-12)8-7-18(26)22-21-17(25)4-3-9-27-16-6-5-14(19)11-15(16)20/h5-6,10-11H,3-4,7-9H2,1-2H3,(H,21,25)(H,22,26). The predicted octanol–water partition coefficient (Wildman–Crippen LogP) is 3.20. The van der Waals surface area contributed by atoms with E-state index in [2.05, 4.69) is 16.0 Å². The number of hydrazine groups is 1. The van der Waals surface area contributed by atoms with Gasteiger partial charge in [0.25, 0.3) is 0 Å². The van der Waals surface area contributed by atoms with Gasteiger partial charge in [-0.2, -0.15) is 5.10 Å². The molecule has 0 aliphatic carbocycles. The van der Waals surface area contributed by atoms with E-state index in [-0.39, 0.29) is 24.7 Å². The van der Waals surface area contributed by atoms with Gasteiger partial charge in [0.15, 0.2) is 0 Å². The van der Waals surface area contributed by atoms with Gasteiger partial charge in [0, 0.05) is 23.6 Å². The first-order chi connectivity index (χ1) is 12.8. The fourth-order valence-corrected chi connectivity index (χ4v) is 2.84. The van der Waals surface area contributed by atoms with E-state index in [9.17, 15) is 9.59 Å². The molecule has 7 nitrogen and oxygen atoms in total. The molecule has 0 fully saturated rings. The van der Waals surface area contributed by atoms with Gasteiger partial charge in [-0.05, 0) is 44.5 Å². The van der Waals surface area contributed by atoms with Gasteiger partial charge in [0.05, 0.1) is 23.9 Å². The van der Waals surface area contributed by atoms with Crippen LogP contribution in [0.25, 0.3) is 0 Å². The van der Waals surface area contributed by atoms with Crippen molar-refractivity contribution in [3.05, 3.63) is 45.7 Å². The minimum absolute atomic E-state index is 0.211. The molecule has 1 aromatic carbocycles. The van der Waals surface area contributed by atoms with Crippen molar-refractivity contribution >= 4 is 35.0 Å². The number of carbonyl (C=O) groups is 2. The number of nitrogens with one attached hydrogen (secondary N) is 2. The molecule has 27 heavy (non-hydrogen) atoms. The molecular formula is C18H22Cl2N4O3. The second-order valence-corrected chi connectivity index (χ2v) is 6.87. The summed E-state index contributed by atoms with van der Waals surface area (Å²) in [4.78, 5) is 23.6. The summed E-state index contributed by atoms with van der Waals surface area (Å²) in [5.41, 5.74) is 6.68. The Balaban J connectivity index is 1.60. The van der Waals surface area contributed by atoms with Crippen molar-refractivity contribution in [2.45, 2.75) is 39.7 Å². The summed E-state index contributed by atoms with van der Waals surface area (Å²) in [5.74, 6) is -0.0562. The molecule has 0 aliphatic heterocycles. The van der Waals surface area contributed by atoms with Crippen molar-refractivity contribution in [2.75, 3.05) is 6.61 Å². The van der Waals surface area contributed by atoms with Crippen molar-refractivity contribution in [1.82, 2.24) is 20.6 Å². The van der Waals surface area contributed by atoms with E-state index in [4.69, 9.17) is 27.9 Å². The smallest absolute Gasteiger partial charge is 0.240 e. The molecule has 1 heterocycles. The summed E-state index contributed by atoms with van der Waals surface area (Å²) in [6.07, 6.45) is 0.912. The second-order valence-electron chi connectivity index (χ2n) is 6.02. The Labute approximate surface area is 167 Å². The third-order valence-corrected chi connectivity index (χ3v) is 4.23. The largest absolute Gasteiger partial charge is 0.492 e. The lowest BCUT2D eigenvalue weighted by Gasteiger charge is -2.09. The highest BCUT2D eigenvalue weighted by Gasteiger charge is 2.08. The van der Waals surface area contributed by atoms with Crippen LogP contribution >= 0.6 is 23.2 Å². The number of aryl methyl sites for hydroxylation is 3. The number of rotatable bonds is 8. The molecule has 146 valence electrons. The van der Waals surface area contributed by atoms with E-state index in [1.165, 1.54) is 0 Å². The molecule has 2 N–H and O–H groups in total. The summed E-state index contributed by atoms with van der Waals surface area (Å²) < 4.78 is 7.26. The molecule has 2 amide bonds. The van der Waals surface area contributed by atoms with E-state index in [1.54, 1.807) is 22.9 Å². The fraction of sp³-hybridized carbons (Fsp3) is 0.389. The van der Waals surface area contributed by atoms with Gasteiger partial charge in [-0.1, -0.05) is 23.2 Å². The maximum atomic E-state index is 11.8. The third kappa shape index (κ3) is 7.11. The zero-order valence-electron chi connectivity index (χ0n) is 15.2. The monoisotopic (exact) mass is 412 g/mol. The van der Waals surface area contributed by atoms with E-state index in [0.717, 1.165) is 11.4 Å². The van der Waals surface area contributed by atoms with E-state index < -0.39 is 0 Å². The summed E-state index contributed by atoms with van der Waals surface area (Å²) in [7, 11) is 0. The first-order valence-electron chi connectivity index (χ1n) is 8.51. The maximum Gasteiger partial charge on any atom is 0.240 e. The highest BCUT2D eigenvalue weighted by atomic mass is 35.5. The quantitative estimate of drug-likeness (QED) is 0.514. The van der Waals surface area contributed by atoms with E-state index >= 15 is 0 Å². The van der Waals surface area contributed by atoms with Crippen LogP contribution in [0.5, 0.6) is 5.75 Å². The average molecular weight is 413 g/mol. The molecule has 0 spiro atoms. The van der Waals surface area contributed by atoms with E-state index in [1.807, 2.05) is 19.9 Å².